The van der Waals surface area contributed by atoms with Crippen LogP contribution in [0.15, 0.2) is 18.3 Å². The van der Waals surface area contributed by atoms with Crippen molar-refractivity contribution in [2.75, 3.05) is 19.8 Å². The number of aromatic nitrogens is 1. The maximum atomic E-state index is 11.8. The normalized spacial score (nSPS) is 20.0. The van der Waals surface area contributed by atoms with Crippen LogP contribution >= 0.6 is 0 Å². The van der Waals surface area contributed by atoms with Gasteiger partial charge < -0.3 is 19.9 Å². The standard InChI is InChI=1S/C13H18N2O4/c1-9(16)7-15-13(17)10-2-4-14-12(6-10)19-11-3-5-18-8-11/h2,4,6,9,11,16H,3,5,7-8H2,1H3,(H,15,17). The van der Waals surface area contributed by atoms with Gasteiger partial charge in [-0.2, -0.15) is 0 Å². The summed E-state index contributed by atoms with van der Waals surface area (Å²) in [7, 11) is 0. The zero-order valence-corrected chi connectivity index (χ0v) is 10.8. The van der Waals surface area contributed by atoms with Gasteiger partial charge in [0.2, 0.25) is 5.88 Å². The molecule has 1 aromatic rings. The van der Waals surface area contributed by atoms with Crippen molar-refractivity contribution < 1.29 is 19.4 Å². The lowest BCUT2D eigenvalue weighted by Crippen LogP contribution is -2.30. The van der Waals surface area contributed by atoms with Gasteiger partial charge in [0.15, 0.2) is 0 Å². The molecule has 0 radical (unpaired) electrons. The van der Waals surface area contributed by atoms with E-state index in [0.717, 1.165) is 6.42 Å². The van der Waals surface area contributed by atoms with Crippen LogP contribution in [0.4, 0.5) is 0 Å². The van der Waals surface area contributed by atoms with E-state index in [9.17, 15) is 4.79 Å². The molecule has 1 fully saturated rings. The summed E-state index contributed by atoms with van der Waals surface area (Å²) in [5.41, 5.74) is 0.463. The number of aliphatic hydroxyl groups is 1. The second-order valence-electron chi connectivity index (χ2n) is 4.55. The van der Waals surface area contributed by atoms with E-state index in [0.29, 0.717) is 24.7 Å². The van der Waals surface area contributed by atoms with E-state index in [-0.39, 0.29) is 18.6 Å². The molecular weight excluding hydrogens is 248 g/mol. The maximum Gasteiger partial charge on any atom is 0.251 e. The molecule has 0 aromatic carbocycles. The van der Waals surface area contributed by atoms with Crippen LogP contribution in [-0.4, -0.2) is 48.0 Å². The van der Waals surface area contributed by atoms with E-state index in [1.807, 2.05) is 0 Å². The Hall–Kier alpha value is -1.66. The number of hydrogen-bond acceptors (Lipinski definition) is 5. The van der Waals surface area contributed by atoms with E-state index < -0.39 is 6.10 Å². The first kappa shape index (κ1) is 13.8. The van der Waals surface area contributed by atoms with Crippen LogP contribution in [0.25, 0.3) is 0 Å². The Morgan fingerprint density at radius 2 is 2.58 bits per heavy atom. The number of carbonyl (C=O) groups is 1. The Labute approximate surface area is 111 Å². The van der Waals surface area contributed by atoms with Crippen LogP contribution in [0.2, 0.25) is 0 Å². The molecule has 6 nitrogen and oxygen atoms in total. The molecule has 2 unspecified atom stereocenters. The molecule has 19 heavy (non-hydrogen) atoms. The number of nitrogens with one attached hydrogen (secondary N) is 1. The van der Waals surface area contributed by atoms with Crippen molar-refractivity contribution in [3.63, 3.8) is 0 Å². The smallest absolute Gasteiger partial charge is 0.251 e. The summed E-state index contributed by atoms with van der Waals surface area (Å²) in [6.07, 6.45) is 1.79. The highest BCUT2D eigenvalue weighted by Gasteiger charge is 2.18. The predicted molar refractivity (Wildman–Crippen MR) is 68.1 cm³/mol. The molecule has 0 saturated carbocycles. The molecule has 6 heteroatoms. The Balaban J connectivity index is 1.95. The number of nitrogens with zero attached hydrogens (tertiary/aromatic N) is 1. The molecule has 104 valence electrons. The number of aliphatic hydroxyl groups excluding tert-OH is 1. The topological polar surface area (TPSA) is 80.7 Å². The van der Waals surface area contributed by atoms with Gasteiger partial charge in [0.1, 0.15) is 6.10 Å². The fourth-order valence-electron chi connectivity index (χ4n) is 1.73. The van der Waals surface area contributed by atoms with Gasteiger partial charge in [-0.05, 0) is 13.0 Å². The van der Waals surface area contributed by atoms with Crippen molar-refractivity contribution >= 4 is 5.91 Å². The van der Waals surface area contributed by atoms with Crippen molar-refractivity contribution in [1.82, 2.24) is 10.3 Å². The third kappa shape index (κ3) is 4.18. The Bertz CT molecular complexity index is 430. The van der Waals surface area contributed by atoms with Gasteiger partial charge in [-0.1, -0.05) is 0 Å². The second kappa shape index (κ2) is 6.49. The molecule has 1 saturated heterocycles. The lowest BCUT2D eigenvalue weighted by molar-refractivity contribution is 0.0922. The maximum absolute atomic E-state index is 11.8. The van der Waals surface area contributed by atoms with Crippen LogP contribution in [0.5, 0.6) is 5.88 Å². The Morgan fingerprint density at radius 1 is 1.74 bits per heavy atom. The zero-order valence-electron chi connectivity index (χ0n) is 10.8. The van der Waals surface area contributed by atoms with Gasteiger partial charge in [-0.3, -0.25) is 4.79 Å². The van der Waals surface area contributed by atoms with Crippen molar-refractivity contribution in [3.8, 4) is 5.88 Å². The minimum absolute atomic E-state index is 0.00303. The van der Waals surface area contributed by atoms with Crippen LogP contribution in [0.1, 0.15) is 23.7 Å². The quantitative estimate of drug-likeness (QED) is 0.804. The third-order valence-electron chi connectivity index (χ3n) is 2.73. The van der Waals surface area contributed by atoms with Crippen molar-refractivity contribution in [2.45, 2.75) is 25.6 Å². The third-order valence-corrected chi connectivity index (χ3v) is 2.73. The van der Waals surface area contributed by atoms with Crippen molar-refractivity contribution in [3.05, 3.63) is 23.9 Å². The SMILES string of the molecule is CC(O)CNC(=O)c1ccnc(OC2CCOC2)c1. The minimum atomic E-state index is -0.572. The molecule has 2 heterocycles. The first-order chi connectivity index (χ1) is 9.15. The van der Waals surface area contributed by atoms with Gasteiger partial charge in [-0.25, -0.2) is 4.98 Å². The molecule has 0 aliphatic carbocycles. The average Bonchev–Trinajstić information content (AvgIpc) is 2.89. The molecule has 2 rings (SSSR count). The first-order valence-corrected chi connectivity index (χ1v) is 6.32. The summed E-state index contributed by atoms with van der Waals surface area (Å²) in [5.74, 6) is 0.163. The summed E-state index contributed by atoms with van der Waals surface area (Å²) < 4.78 is 10.8. The summed E-state index contributed by atoms with van der Waals surface area (Å²) in [6, 6.07) is 3.20. The second-order valence-corrected chi connectivity index (χ2v) is 4.55. The molecule has 1 aromatic heterocycles. The minimum Gasteiger partial charge on any atom is -0.472 e. The lowest BCUT2D eigenvalue weighted by atomic mass is 10.2. The van der Waals surface area contributed by atoms with Crippen LogP contribution < -0.4 is 10.1 Å². The van der Waals surface area contributed by atoms with Gasteiger partial charge in [0.05, 0.1) is 19.3 Å². The first-order valence-electron chi connectivity index (χ1n) is 6.32. The molecule has 2 N–H and O–H groups in total. The highest BCUT2D eigenvalue weighted by atomic mass is 16.5. The summed E-state index contributed by atoms with van der Waals surface area (Å²) in [5, 5.41) is 11.7. The van der Waals surface area contributed by atoms with E-state index in [1.165, 1.54) is 6.20 Å². The number of ether oxygens (including phenoxy) is 2. The fourth-order valence-corrected chi connectivity index (χ4v) is 1.73. The number of pyridine rings is 1. The molecule has 1 aliphatic heterocycles. The highest BCUT2D eigenvalue weighted by molar-refractivity contribution is 5.94. The molecule has 0 spiro atoms. The number of amides is 1. The monoisotopic (exact) mass is 266 g/mol. The van der Waals surface area contributed by atoms with E-state index >= 15 is 0 Å². The highest BCUT2D eigenvalue weighted by Crippen LogP contribution is 2.15. The molecule has 2 atom stereocenters. The van der Waals surface area contributed by atoms with E-state index in [4.69, 9.17) is 14.6 Å². The van der Waals surface area contributed by atoms with E-state index in [2.05, 4.69) is 10.3 Å². The van der Waals surface area contributed by atoms with Crippen molar-refractivity contribution in [2.24, 2.45) is 0 Å². The predicted octanol–water partition coefficient (Wildman–Crippen LogP) is 0.360. The molecule has 1 aliphatic rings. The zero-order chi connectivity index (χ0) is 13.7. The van der Waals surface area contributed by atoms with Gasteiger partial charge in [0, 0.05) is 30.8 Å². The molecular formula is C13H18N2O4. The molecule has 1 amide bonds. The number of carbonyl (C=O) groups excluding carboxylic acids is 1. The van der Waals surface area contributed by atoms with E-state index in [1.54, 1.807) is 19.1 Å². The van der Waals surface area contributed by atoms with Crippen LogP contribution in [-0.2, 0) is 4.74 Å². The van der Waals surface area contributed by atoms with Gasteiger partial charge in [0.25, 0.3) is 5.91 Å². The largest absolute Gasteiger partial charge is 0.472 e. The van der Waals surface area contributed by atoms with Gasteiger partial charge >= 0.3 is 0 Å². The fraction of sp³-hybridized carbons (Fsp3) is 0.538. The summed E-state index contributed by atoms with van der Waals surface area (Å²) in [4.78, 5) is 15.9. The molecule has 0 bridgehead atoms. The van der Waals surface area contributed by atoms with Crippen molar-refractivity contribution in [1.29, 1.82) is 0 Å². The number of rotatable bonds is 5. The average molecular weight is 266 g/mol. The Kier molecular flexibility index (Phi) is 4.70. The number of hydrogen-bond donors (Lipinski definition) is 2. The summed E-state index contributed by atoms with van der Waals surface area (Å²) >= 11 is 0. The Morgan fingerprint density at radius 3 is 3.26 bits per heavy atom. The lowest BCUT2D eigenvalue weighted by Gasteiger charge is -2.12. The van der Waals surface area contributed by atoms with Gasteiger partial charge in [-0.15, -0.1) is 0 Å². The van der Waals surface area contributed by atoms with Crippen LogP contribution in [0, 0.1) is 0 Å². The summed E-state index contributed by atoms with van der Waals surface area (Å²) in [6.45, 7) is 3.08. The van der Waals surface area contributed by atoms with Crippen LogP contribution in [0.3, 0.4) is 0 Å².